The summed E-state index contributed by atoms with van der Waals surface area (Å²) >= 11 is 0. The number of amides is 1. The summed E-state index contributed by atoms with van der Waals surface area (Å²) in [6, 6.07) is 5.74. The molecule has 0 atom stereocenters. The minimum absolute atomic E-state index is 0.194. The molecule has 1 aliphatic rings. The van der Waals surface area contributed by atoms with Gasteiger partial charge in [-0.3, -0.25) is 4.79 Å². The number of fused-ring (bicyclic) bond motifs is 1. The normalized spacial score (nSPS) is 15.1. The van der Waals surface area contributed by atoms with Crippen LogP contribution in [-0.4, -0.2) is 26.6 Å². The van der Waals surface area contributed by atoms with Crippen LogP contribution < -0.4 is 5.32 Å². The van der Waals surface area contributed by atoms with Crippen molar-refractivity contribution >= 4 is 11.6 Å². The molecule has 3 heterocycles. The summed E-state index contributed by atoms with van der Waals surface area (Å²) in [7, 11) is 0. The van der Waals surface area contributed by atoms with Crippen molar-refractivity contribution in [1.82, 2.24) is 19.5 Å². The van der Waals surface area contributed by atoms with Gasteiger partial charge in [-0.2, -0.15) is 5.10 Å². The zero-order chi connectivity index (χ0) is 14.9. The first-order valence-corrected chi connectivity index (χ1v) is 7.67. The molecule has 3 aromatic heterocycles. The molecule has 1 fully saturated rings. The van der Waals surface area contributed by atoms with Crippen molar-refractivity contribution in [1.29, 1.82) is 0 Å². The van der Waals surface area contributed by atoms with Crippen LogP contribution in [0.5, 0.6) is 0 Å². The number of imidazole rings is 1. The minimum atomic E-state index is 0.194. The maximum absolute atomic E-state index is 11.8. The third-order valence-electron chi connectivity index (χ3n) is 4.30. The van der Waals surface area contributed by atoms with Gasteiger partial charge in [0.1, 0.15) is 11.3 Å². The van der Waals surface area contributed by atoms with Crippen LogP contribution in [0.1, 0.15) is 19.3 Å². The highest BCUT2D eigenvalue weighted by atomic mass is 16.3. The number of aromatic nitrogens is 3. The average molecular weight is 298 g/mol. The van der Waals surface area contributed by atoms with Gasteiger partial charge < -0.3 is 14.3 Å². The van der Waals surface area contributed by atoms with E-state index < -0.39 is 0 Å². The SMILES string of the molecule is O=C(NCCn1ccn2nc(-c3ccco3)cc12)C1CCC1. The van der Waals surface area contributed by atoms with Gasteiger partial charge in [-0.15, -0.1) is 0 Å². The lowest BCUT2D eigenvalue weighted by atomic mass is 9.85. The molecule has 1 saturated carbocycles. The summed E-state index contributed by atoms with van der Waals surface area (Å²) in [4.78, 5) is 11.8. The van der Waals surface area contributed by atoms with Gasteiger partial charge in [0.25, 0.3) is 0 Å². The zero-order valence-corrected chi connectivity index (χ0v) is 12.2. The molecule has 0 radical (unpaired) electrons. The van der Waals surface area contributed by atoms with Crippen molar-refractivity contribution in [3.63, 3.8) is 0 Å². The molecule has 1 N–H and O–H groups in total. The van der Waals surface area contributed by atoms with Crippen LogP contribution in [-0.2, 0) is 11.3 Å². The van der Waals surface area contributed by atoms with Crippen molar-refractivity contribution in [2.75, 3.05) is 6.54 Å². The van der Waals surface area contributed by atoms with E-state index in [9.17, 15) is 4.79 Å². The van der Waals surface area contributed by atoms with Crippen molar-refractivity contribution in [3.05, 3.63) is 36.9 Å². The van der Waals surface area contributed by atoms with E-state index in [1.54, 1.807) is 6.26 Å². The van der Waals surface area contributed by atoms with Gasteiger partial charge in [-0.1, -0.05) is 6.42 Å². The van der Waals surface area contributed by atoms with E-state index in [1.165, 1.54) is 6.42 Å². The Balaban J connectivity index is 1.44. The second kappa shape index (κ2) is 5.36. The minimum Gasteiger partial charge on any atom is -0.463 e. The second-order valence-electron chi connectivity index (χ2n) is 5.72. The fraction of sp³-hybridized carbons (Fsp3) is 0.375. The largest absolute Gasteiger partial charge is 0.463 e. The molecule has 1 amide bonds. The Morgan fingerprint density at radius 3 is 3.05 bits per heavy atom. The summed E-state index contributed by atoms with van der Waals surface area (Å²) in [5.74, 6) is 1.19. The number of nitrogens with zero attached hydrogens (tertiary/aromatic N) is 3. The average Bonchev–Trinajstić information content (AvgIpc) is 3.12. The Morgan fingerprint density at radius 1 is 1.41 bits per heavy atom. The summed E-state index contributed by atoms with van der Waals surface area (Å²) in [6.07, 6.45) is 8.79. The van der Waals surface area contributed by atoms with Crippen molar-refractivity contribution < 1.29 is 9.21 Å². The number of nitrogens with one attached hydrogen (secondary N) is 1. The number of furan rings is 1. The molecule has 22 heavy (non-hydrogen) atoms. The van der Waals surface area contributed by atoms with Gasteiger partial charge in [0.15, 0.2) is 5.76 Å². The molecule has 6 heteroatoms. The third-order valence-corrected chi connectivity index (χ3v) is 4.30. The molecule has 0 bridgehead atoms. The number of rotatable bonds is 5. The monoisotopic (exact) mass is 298 g/mol. The molecule has 3 aromatic rings. The standard InChI is InChI=1S/C16H18N4O2/c21-16(12-3-1-4-12)17-6-7-19-8-9-20-15(19)11-13(18-20)14-5-2-10-22-14/h2,5,8-12H,1,3-4,6-7H2,(H,17,21). The molecule has 1 aliphatic carbocycles. The second-order valence-corrected chi connectivity index (χ2v) is 5.72. The number of hydrogen-bond acceptors (Lipinski definition) is 3. The summed E-state index contributed by atoms with van der Waals surface area (Å²) in [6.45, 7) is 1.37. The van der Waals surface area contributed by atoms with E-state index in [-0.39, 0.29) is 11.8 Å². The molecular weight excluding hydrogens is 280 g/mol. The highest BCUT2D eigenvalue weighted by molar-refractivity contribution is 5.79. The van der Waals surface area contributed by atoms with Crippen LogP contribution in [0.2, 0.25) is 0 Å². The maximum atomic E-state index is 11.8. The summed E-state index contributed by atoms with van der Waals surface area (Å²) < 4.78 is 9.28. The van der Waals surface area contributed by atoms with Crippen LogP contribution in [0, 0.1) is 5.92 Å². The molecular formula is C16H18N4O2. The lowest BCUT2D eigenvalue weighted by Gasteiger charge is -2.24. The van der Waals surface area contributed by atoms with E-state index in [0.717, 1.165) is 36.5 Å². The predicted molar refractivity (Wildman–Crippen MR) is 81.2 cm³/mol. The molecule has 0 saturated heterocycles. The van der Waals surface area contributed by atoms with Crippen molar-refractivity contribution in [2.24, 2.45) is 5.92 Å². The van der Waals surface area contributed by atoms with Gasteiger partial charge in [0, 0.05) is 37.5 Å². The van der Waals surface area contributed by atoms with E-state index in [0.29, 0.717) is 6.54 Å². The Morgan fingerprint density at radius 2 is 2.32 bits per heavy atom. The number of carbonyl (C=O) groups is 1. The van der Waals surface area contributed by atoms with E-state index in [4.69, 9.17) is 4.42 Å². The first-order valence-electron chi connectivity index (χ1n) is 7.67. The lowest BCUT2D eigenvalue weighted by molar-refractivity contribution is -0.127. The highest BCUT2D eigenvalue weighted by Gasteiger charge is 2.24. The third kappa shape index (κ3) is 2.30. The Labute approximate surface area is 127 Å². The van der Waals surface area contributed by atoms with Crippen molar-refractivity contribution in [3.8, 4) is 11.5 Å². The molecule has 0 unspecified atom stereocenters. The van der Waals surface area contributed by atoms with Gasteiger partial charge >= 0.3 is 0 Å². The summed E-state index contributed by atoms with van der Waals surface area (Å²) in [5, 5.41) is 7.50. The number of carbonyl (C=O) groups excluding carboxylic acids is 1. The van der Waals surface area contributed by atoms with Crippen LogP contribution in [0.4, 0.5) is 0 Å². The van der Waals surface area contributed by atoms with Crippen LogP contribution >= 0.6 is 0 Å². The topological polar surface area (TPSA) is 64.5 Å². The Bertz CT molecular complexity index is 780. The first kappa shape index (κ1) is 13.2. The van der Waals surface area contributed by atoms with Crippen molar-refractivity contribution in [2.45, 2.75) is 25.8 Å². The van der Waals surface area contributed by atoms with E-state index in [2.05, 4.69) is 15.0 Å². The quantitative estimate of drug-likeness (QED) is 0.786. The lowest BCUT2D eigenvalue weighted by Crippen LogP contribution is -2.36. The summed E-state index contributed by atoms with van der Waals surface area (Å²) in [5.41, 5.74) is 1.80. The predicted octanol–water partition coefficient (Wildman–Crippen LogP) is 2.31. The highest BCUT2D eigenvalue weighted by Crippen LogP contribution is 2.26. The van der Waals surface area contributed by atoms with Gasteiger partial charge in [-0.05, 0) is 25.0 Å². The van der Waals surface area contributed by atoms with E-state index in [1.807, 2.05) is 35.1 Å². The fourth-order valence-corrected chi connectivity index (χ4v) is 2.78. The molecule has 4 rings (SSSR count). The number of hydrogen-bond donors (Lipinski definition) is 1. The molecule has 0 aromatic carbocycles. The maximum Gasteiger partial charge on any atom is 0.223 e. The Hall–Kier alpha value is -2.50. The van der Waals surface area contributed by atoms with Crippen LogP contribution in [0.25, 0.3) is 17.1 Å². The fourth-order valence-electron chi connectivity index (χ4n) is 2.78. The zero-order valence-electron chi connectivity index (χ0n) is 12.2. The van der Waals surface area contributed by atoms with Gasteiger partial charge in [0.05, 0.1) is 6.26 Å². The molecule has 0 spiro atoms. The van der Waals surface area contributed by atoms with Crippen LogP contribution in [0.3, 0.4) is 0 Å². The van der Waals surface area contributed by atoms with Crippen LogP contribution in [0.15, 0.2) is 41.3 Å². The molecule has 114 valence electrons. The van der Waals surface area contributed by atoms with Gasteiger partial charge in [0.2, 0.25) is 5.91 Å². The molecule has 0 aliphatic heterocycles. The smallest absolute Gasteiger partial charge is 0.223 e. The Kier molecular flexibility index (Phi) is 3.21. The van der Waals surface area contributed by atoms with E-state index >= 15 is 0 Å². The first-order chi connectivity index (χ1) is 10.8. The molecule has 6 nitrogen and oxygen atoms in total. The van der Waals surface area contributed by atoms with Gasteiger partial charge in [-0.25, -0.2) is 4.52 Å².